The lowest BCUT2D eigenvalue weighted by Crippen LogP contribution is -2.23. The van der Waals surface area contributed by atoms with Gasteiger partial charge in [-0.1, -0.05) is 0 Å². The molecule has 1 aromatic heterocycles. The van der Waals surface area contributed by atoms with Gasteiger partial charge in [0.25, 0.3) is 0 Å². The smallest absolute Gasteiger partial charge is 0.128 e. The molecular weight excluding hydrogens is 228 g/mol. The van der Waals surface area contributed by atoms with Crippen molar-refractivity contribution in [2.24, 2.45) is 12.8 Å². The second-order valence-electron chi connectivity index (χ2n) is 4.38. The molecule has 5 nitrogen and oxygen atoms in total. The highest BCUT2D eigenvalue weighted by molar-refractivity contribution is 5.71. The summed E-state index contributed by atoms with van der Waals surface area (Å²) in [6.45, 7) is 2.37. The van der Waals surface area contributed by atoms with Gasteiger partial charge in [0.1, 0.15) is 12.4 Å². The van der Waals surface area contributed by atoms with E-state index in [-0.39, 0.29) is 6.04 Å². The Morgan fingerprint density at radius 1 is 1.39 bits per heavy atom. The van der Waals surface area contributed by atoms with E-state index in [4.69, 9.17) is 16.2 Å². The summed E-state index contributed by atoms with van der Waals surface area (Å²) < 4.78 is 7.50. The quantitative estimate of drug-likeness (QED) is 0.799. The molecule has 0 spiro atoms. The number of rotatable bonds is 4. The van der Waals surface area contributed by atoms with Gasteiger partial charge in [0, 0.05) is 30.5 Å². The van der Waals surface area contributed by atoms with Gasteiger partial charge in [-0.3, -0.25) is 4.68 Å². The van der Waals surface area contributed by atoms with Crippen molar-refractivity contribution in [1.29, 1.82) is 0 Å². The van der Waals surface area contributed by atoms with Gasteiger partial charge in [-0.05, 0) is 31.2 Å². The predicted octanol–water partition coefficient (Wildman–Crippen LogP) is 1.40. The van der Waals surface area contributed by atoms with E-state index in [1.54, 1.807) is 10.9 Å². The summed E-state index contributed by atoms with van der Waals surface area (Å²) in [5, 5.41) is 4.15. The molecule has 0 unspecified atom stereocenters. The number of benzene rings is 1. The van der Waals surface area contributed by atoms with Crippen molar-refractivity contribution in [3.63, 3.8) is 0 Å². The standard InChI is InChI=1S/C13H18N4O/c1-9(14)8-18-13-4-3-10(15)7-11(13)12-5-6-16-17(12)2/h3-7,9H,8,14-15H2,1-2H3/t9-/m1/s1. The summed E-state index contributed by atoms with van der Waals surface area (Å²) in [6, 6.07) is 7.47. The normalized spacial score (nSPS) is 12.4. The van der Waals surface area contributed by atoms with Crippen LogP contribution in [0.1, 0.15) is 6.92 Å². The molecular formula is C13H18N4O. The number of hydrogen-bond acceptors (Lipinski definition) is 4. The molecule has 4 N–H and O–H groups in total. The second kappa shape index (κ2) is 5.10. The van der Waals surface area contributed by atoms with E-state index >= 15 is 0 Å². The number of ether oxygens (including phenoxy) is 1. The maximum atomic E-state index is 5.83. The summed E-state index contributed by atoms with van der Waals surface area (Å²) in [6.07, 6.45) is 1.74. The highest BCUT2D eigenvalue weighted by Gasteiger charge is 2.11. The third kappa shape index (κ3) is 2.62. The zero-order valence-electron chi connectivity index (χ0n) is 10.6. The number of nitrogen functional groups attached to an aromatic ring is 1. The minimum absolute atomic E-state index is 0.0121. The summed E-state index contributed by atoms with van der Waals surface area (Å²) >= 11 is 0. The van der Waals surface area contributed by atoms with Crippen LogP contribution in [0.4, 0.5) is 5.69 Å². The first-order valence-corrected chi connectivity index (χ1v) is 5.84. The van der Waals surface area contributed by atoms with Crippen molar-refractivity contribution < 1.29 is 4.74 Å². The SMILES string of the molecule is C[C@@H](N)COc1ccc(N)cc1-c1ccnn1C. The van der Waals surface area contributed by atoms with Gasteiger partial charge in [0.15, 0.2) is 0 Å². The van der Waals surface area contributed by atoms with Crippen molar-refractivity contribution >= 4 is 5.69 Å². The lowest BCUT2D eigenvalue weighted by Gasteiger charge is -2.14. The molecule has 0 aliphatic heterocycles. The molecule has 0 amide bonds. The van der Waals surface area contributed by atoms with Crippen LogP contribution < -0.4 is 16.2 Å². The first kappa shape index (κ1) is 12.4. The van der Waals surface area contributed by atoms with Crippen LogP contribution in [-0.2, 0) is 7.05 Å². The average molecular weight is 246 g/mol. The van der Waals surface area contributed by atoms with Gasteiger partial charge in [-0.15, -0.1) is 0 Å². The Bertz CT molecular complexity index is 534. The number of nitrogens with two attached hydrogens (primary N) is 2. The van der Waals surface area contributed by atoms with Gasteiger partial charge < -0.3 is 16.2 Å². The van der Waals surface area contributed by atoms with E-state index in [1.807, 2.05) is 38.2 Å². The molecule has 0 saturated heterocycles. The molecule has 18 heavy (non-hydrogen) atoms. The van der Waals surface area contributed by atoms with E-state index in [0.29, 0.717) is 12.3 Å². The molecule has 0 aliphatic carbocycles. The predicted molar refractivity (Wildman–Crippen MR) is 72.2 cm³/mol. The fourth-order valence-corrected chi connectivity index (χ4v) is 1.73. The van der Waals surface area contributed by atoms with Crippen LogP contribution in [0.3, 0.4) is 0 Å². The molecule has 1 atom stereocenters. The van der Waals surface area contributed by atoms with E-state index in [1.165, 1.54) is 0 Å². The summed E-state index contributed by atoms with van der Waals surface area (Å²) in [5.41, 5.74) is 14.1. The number of hydrogen-bond donors (Lipinski definition) is 2. The maximum absolute atomic E-state index is 5.83. The molecule has 0 saturated carbocycles. The highest BCUT2D eigenvalue weighted by atomic mass is 16.5. The molecule has 2 aromatic rings. The van der Waals surface area contributed by atoms with Crippen LogP contribution in [0.25, 0.3) is 11.3 Å². The van der Waals surface area contributed by atoms with Gasteiger partial charge in [0.2, 0.25) is 0 Å². The average Bonchev–Trinajstić information content (AvgIpc) is 2.73. The third-order valence-electron chi connectivity index (χ3n) is 2.60. The van der Waals surface area contributed by atoms with Gasteiger partial charge >= 0.3 is 0 Å². The van der Waals surface area contributed by atoms with E-state index in [0.717, 1.165) is 17.0 Å². The van der Waals surface area contributed by atoms with Crippen molar-refractivity contribution in [1.82, 2.24) is 9.78 Å². The Balaban J connectivity index is 2.38. The van der Waals surface area contributed by atoms with E-state index < -0.39 is 0 Å². The van der Waals surface area contributed by atoms with Gasteiger partial charge in [0.05, 0.1) is 5.69 Å². The Labute approximate surface area is 106 Å². The fourth-order valence-electron chi connectivity index (χ4n) is 1.73. The molecule has 1 heterocycles. The molecule has 0 bridgehead atoms. The Hall–Kier alpha value is -2.01. The van der Waals surface area contributed by atoms with Crippen molar-refractivity contribution in [3.8, 4) is 17.0 Å². The van der Waals surface area contributed by atoms with Crippen LogP contribution in [0, 0.1) is 0 Å². The fraction of sp³-hybridized carbons (Fsp3) is 0.308. The number of anilines is 1. The van der Waals surface area contributed by atoms with E-state index in [2.05, 4.69) is 5.10 Å². The van der Waals surface area contributed by atoms with Crippen LogP contribution in [0.5, 0.6) is 5.75 Å². The van der Waals surface area contributed by atoms with Crippen LogP contribution in [-0.4, -0.2) is 22.4 Å². The van der Waals surface area contributed by atoms with Crippen molar-refractivity contribution in [2.45, 2.75) is 13.0 Å². The van der Waals surface area contributed by atoms with Crippen LogP contribution in [0.15, 0.2) is 30.5 Å². The van der Waals surface area contributed by atoms with Gasteiger partial charge in [-0.25, -0.2) is 0 Å². The summed E-state index contributed by atoms with van der Waals surface area (Å²) in [4.78, 5) is 0. The number of aromatic nitrogens is 2. The summed E-state index contributed by atoms with van der Waals surface area (Å²) in [7, 11) is 1.88. The summed E-state index contributed by atoms with van der Waals surface area (Å²) in [5.74, 6) is 0.769. The Morgan fingerprint density at radius 3 is 2.78 bits per heavy atom. The Morgan fingerprint density at radius 2 is 2.17 bits per heavy atom. The van der Waals surface area contributed by atoms with Crippen molar-refractivity contribution in [2.75, 3.05) is 12.3 Å². The zero-order chi connectivity index (χ0) is 13.1. The largest absolute Gasteiger partial charge is 0.491 e. The molecule has 1 aromatic carbocycles. The minimum atomic E-state index is -0.0121. The number of aryl methyl sites for hydroxylation is 1. The van der Waals surface area contributed by atoms with Crippen molar-refractivity contribution in [3.05, 3.63) is 30.5 Å². The molecule has 96 valence electrons. The molecule has 0 aliphatic rings. The number of nitrogens with zero attached hydrogens (tertiary/aromatic N) is 2. The Kier molecular flexibility index (Phi) is 3.53. The highest BCUT2D eigenvalue weighted by Crippen LogP contribution is 2.31. The van der Waals surface area contributed by atoms with Crippen LogP contribution in [0.2, 0.25) is 0 Å². The van der Waals surface area contributed by atoms with E-state index in [9.17, 15) is 0 Å². The third-order valence-corrected chi connectivity index (χ3v) is 2.60. The molecule has 5 heteroatoms. The lowest BCUT2D eigenvalue weighted by molar-refractivity contribution is 0.297. The molecule has 0 fully saturated rings. The van der Waals surface area contributed by atoms with Gasteiger partial charge in [-0.2, -0.15) is 5.10 Å². The molecule has 0 radical (unpaired) electrons. The molecule has 2 rings (SSSR count). The first-order chi connectivity index (χ1) is 8.58. The topological polar surface area (TPSA) is 79.1 Å². The first-order valence-electron chi connectivity index (χ1n) is 5.84. The lowest BCUT2D eigenvalue weighted by atomic mass is 10.1. The van der Waals surface area contributed by atoms with Crippen LogP contribution >= 0.6 is 0 Å². The second-order valence-corrected chi connectivity index (χ2v) is 4.38. The zero-order valence-corrected chi connectivity index (χ0v) is 10.6. The minimum Gasteiger partial charge on any atom is -0.491 e. The maximum Gasteiger partial charge on any atom is 0.128 e. The monoisotopic (exact) mass is 246 g/mol.